The van der Waals surface area contributed by atoms with Gasteiger partial charge in [-0.15, -0.1) is 22.9 Å². The van der Waals surface area contributed by atoms with Crippen molar-refractivity contribution in [1.82, 2.24) is 0 Å². The van der Waals surface area contributed by atoms with Gasteiger partial charge in [0.1, 0.15) is 0 Å². The van der Waals surface area contributed by atoms with Crippen LogP contribution in [-0.4, -0.2) is 11.7 Å². The van der Waals surface area contributed by atoms with Gasteiger partial charge < -0.3 is 0 Å². The minimum Gasteiger partial charge on any atom is -0.294 e. The van der Waals surface area contributed by atoms with Crippen molar-refractivity contribution in [3.8, 4) is 0 Å². The average molecular weight is 187 g/mol. The number of halogens is 1. The van der Waals surface area contributed by atoms with Crippen LogP contribution in [0.4, 0.5) is 0 Å². The molecule has 0 unspecified atom stereocenters. The first-order valence-electron chi connectivity index (χ1n) is 3.13. The molecule has 1 rings (SSSR count). The Bertz CT molecular complexity index is 251. The molecule has 3 heteroatoms. The van der Waals surface area contributed by atoms with Crippen molar-refractivity contribution in [2.75, 3.05) is 5.88 Å². The summed E-state index contributed by atoms with van der Waals surface area (Å²) in [6, 6.07) is 3.89. The number of carbonyl (C=O) groups excluding carboxylic acids is 1. The van der Waals surface area contributed by atoms with Crippen LogP contribution in [-0.2, 0) is 4.79 Å². The van der Waals surface area contributed by atoms with Crippen LogP contribution in [0, 0.1) is 0 Å². The number of ketones is 1. The smallest absolute Gasteiger partial charge is 0.170 e. The van der Waals surface area contributed by atoms with Crippen LogP contribution in [0.1, 0.15) is 4.88 Å². The number of carbonyl (C=O) groups is 1. The SMILES string of the molecule is O=C(/C=C/c1cccs1)CCl. The number of alkyl halides is 1. The van der Waals surface area contributed by atoms with Crippen LogP contribution in [0.15, 0.2) is 23.6 Å². The Labute approximate surface area is 74.3 Å². The van der Waals surface area contributed by atoms with Crippen molar-refractivity contribution >= 4 is 34.8 Å². The summed E-state index contributed by atoms with van der Waals surface area (Å²) in [5, 5.41) is 1.96. The molecule has 0 fully saturated rings. The molecular weight excluding hydrogens is 180 g/mol. The van der Waals surface area contributed by atoms with Crippen molar-refractivity contribution in [2.45, 2.75) is 0 Å². The highest BCUT2D eigenvalue weighted by atomic mass is 35.5. The zero-order valence-electron chi connectivity index (χ0n) is 5.79. The molecule has 0 saturated heterocycles. The largest absolute Gasteiger partial charge is 0.294 e. The van der Waals surface area contributed by atoms with Gasteiger partial charge in [0.2, 0.25) is 0 Å². The summed E-state index contributed by atoms with van der Waals surface area (Å²) in [5.74, 6) is 0.00192. The molecule has 1 aromatic rings. The van der Waals surface area contributed by atoms with Crippen molar-refractivity contribution < 1.29 is 4.79 Å². The molecule has 0 aliphatic carbocycles. The van der Waals surface area contributed by atoms with E-state index in [0.717, 1.165) is 4.88 Å². The lowest BCUT2D eigenvalue weighted by atomic mass is 10.3. The van der Waals surface area contributed by atoms with Crippen LogP contribution in [0.2, 0.25) is 0 Å². The average Bonchev–Trinajstić information content (AvgIpc) is 2.52. The van der Waals surface area contributed by atoms with Gasteiger partial charge in [-0.05, 0) is 23.6 Å². The molecule has 1 heterocycles. The first-order chi connectivity index (χ1) is 5.33. The highest BCUT2D eigenvalue weighted by molar-refractivity contribution is 7.10. The van der Waals surface area contributed by atoms with Crippen LogP contribution in [0.5, 0.6) is 0 Å². The second-order valence-electron chi connectivity index (χ2n) is 1.95. The molecule has 58 valence electrons. The highest BCUT2D eigenvalue weighted by Gasteiger charge is 1.91. The van der Waals surface area contributed by atoms with Gasteiger partial charge >= 0.3 is 0 Å². The molecule has 0 amide bonds. The third-order valence-electron chi connectivity index (χ3n) is 1.11. The molecule has 0 N–H and O–H groups in total. The Morgan fingerprint density at radius 3 is 3.09 bits per heavy atom. The molecule has 1 nitrogen and oxygen atoms in total. The van der Waals surface area contributed by atoms with E-state index >= 15 is 0 Å². The first kappa shape index (κ1) is 8.50. The van der Waals surface area contributed by atoms with Gasteiger partial charge in [0.25, 0.3) is 0 Å². The summed E-state index contributed by atoms with van der Waals surface area (Å²) in [5.41, 5.74) is 0. The fourth-order valence-electron chi connectivity index (χ4n) is 0.606. The van der Waals surface area contributed by atoms with E-state index in [1.54, 1.807) is 17.4 Å². The lowest BCUT2D eigenvalue weighted by Gasteiger charge is -1.82. The maximum absolute atomic E-state index is 10.7. The Morgan fingerprint density at radius 2 is 2.55 bits per heavy atom. The number of allylic oxidation sites excluding steroid dienone is 1. The topological polar surface area (TPSA) is 17.1 Å². The monoisotopic (exact) mass is 186 g/mol. The summed E-state index contributed by atoms with van der Waals surface area (Å²) in [6.45, 7) is 0. The summed E-state index contributed by atoms with van der Waals surface area (Å²) in [4.78, 5) is 11.8. The maximum atomic E-state index is 10.7. The van der Waals surface area contributed by atoms with E-state index in [9.17, 15) is 4.79 Å². The fraction of sp³-hybridized carbons (Fsp3) is 0.125. The second kappa shape index (κ2) is 4.31. The van der Waals surface area contributed by atoms with Crippen LogP contribution in [0.25, 0.3) is 6.08 Å². The Balaban J connectivity index is 2.55. The predicted molar refractivity (Wildman–Crippen MR) is 49.1 cm³/mol. The van der Waals surface area contributed by atoms with Gasteiger partial charge in [0.15, 0.2) is 5.78 Å². The molecule has 11 heavy (non-hydrogen) atoms. The normalized spacial score (nSPS) is 10.6. The van der Waals surface area contributed by atoms with Crippen LogP contribution >= 0.6 is 22.9 Å². The summed E-state index contributed by atoms with van der Waals surface area (Å²) in [6.07, 6.45) is 3.27. The van der Waals surface area contributed by atoms with E-state index in [-0.39, 0.29) is 11.7 Å². The molecule has 0 saturated carbocycles. The van der Waals surface area contributed by atoms with Crippen LogP contribution < -0.4 is 0 Å². The highest BCUT2D eigenvalue weighted by Crippen LogP contribution is 2.09. The lowest BCUT2D eigenvalue weighted by molar-refractivity contribution is -0.112. The number of hydrogen-bond acceptors (Lipinski definition) is 2. The van der Waals surface area contributed by atoms with Crippen molar-refractivity contribution in [3.63, 3.8) is 0 Å². The number of rotatable bonds is 3. The second-order valence-corrected chi connectivity index (χ2v) is 3.20. The lowest BCUT2D eigenvalue weighted by Crippen LogP contribution is -1.90. The predicted octanol–water partition coefficient (Wildman–Crippen LogP) is 2.57. The Morgan fingerprint density at radius 1 is 1.73 bits per heavy atom. The minimum atomic E-state index is -0.0555. The zero-order chi connectivity index (χ0) is 8.10. The molecule has 0 aliphatic heterocycles. The summed E-state index contributed by atoms with van der Waals surface area (Å²) < 4.78 is 0. The van der Waals surface area contributed by atoms with E-state index in [0.29, 0.717) is 0 Å². The van der Waals surface area contributed by atoms with Gasteiger partial charge in [-0.25, -0.2) is 0 Å². The van der Waals surface area contributed by atoms with Crippen molar-refractivity contribution in [1.29, 1.82) is 0 Å². The van der Waals surface area contributed by atoms with E-state index in [2.05, 4.69) is 0 Å². The third-order valence-corrected chi connectivity index (χ3v) is 2.21. The van der Waals surface area contributed by atoms with Crippen molar-refractivity contribution in [3.05, 3.63) is 28.5 Å². The van der Waals surface area contributed by atoms with Gasteiger partial charge in [0, 0.05) is 4.88 Å². The van der Waals surface area contributed by atoms with Crippen LogP contribution in [0.3, 0.4) is 0 Å². The Kier molecular flexibility index (Phi) is 3.33. The number of hydrogen-bond donors (Lipinski definition) is 0. The maximum Gasteiger partial charge on any atom is 0.170 e. The first-order valence-corrected chi connectivity index (χ1v) is 4.54. The zero-order valence-corrected chi connectivity index (χ0v) is 7.36. The molecule has 0 aliphatic rings. The van der Waals surface area contributed by atoms with E-state index < -0.39 is 0 Å². The molecular formula is C8H7ClOS. The standard InChI is InChI=1S/C8H7ClOS/c9-6-7(10)3-4-8-2-1-5-11-8/h1-5H,6H2/b4-3+. The van der Waals surface area contributed by atoms with Crippen molar-refractivity contribution in [2.24, 2.45) is 0 Å². The van der Waals surface area contributed by atoms with E-state index in [4.69, 9.17) is 11.6 Å². The Hall–Kier alpha value is -0.600. The summed E-state index contributed by atoms with van der Waals surface area (Å²) in [7, 11) is 0. The van der Waals surface area contributed by atoms with Gasteiger partial charge in [0.05, 0.1) is 5.88 Å². The molecule has 0 bridgehead atoms. The molecule has 1 aromatic heterocycles. The quantitative estimate of drug-likeness (QED) is 0.524. The third kappa shape index (κ3) is 2.87. The van der Waals surface area contributed by atoms with Gasteiger partial charge in [-0.1, -0.05) is 6.07 Å². The fourth-order valence-corrected chi connectivity index (χ4v) is 1.31. The van der Waals surface area contributed by atoms with E-state index in [1.165, 1.54) is 6.08 Å². The molecule has 0 spiro atoms. The molecule has 0 aromatic carbocycles. The van der Waals surface area contributed by atoms with Gasteiger partial charge in [-0.3, -0.25) is 4.79 Å². The molecule has 0 atom stereocenters. The van der Waals surface area contributed by atoms with Gasteiger partial charge in [-0.2, -0.15) is 0 Å². The molecule has 0 radical (unpaired) electrons. The summed E-state index contributed by atoms with van der Waals surface area (Å²) >= 11 is 6.89. The minimum absolute atomic E-state index is 0.0555. The number of thiophene rings is 1. The van der Waals surface area contributed by atoms with E-state index in [1.807, 2.05) is 17.5 Å².